The molecule has 2 N–H and O–H groups in total. The van der Waals surface area contributed by atoms with Crippen LogP contribution in [0.2, 0.25) is 0 Å². The van der Waals surface area contributed by atoms with Crippen molar-refractivity contribution in [2.45, 2.75) is 12.8 Å². The van der Waals surface area contributed by atoms with E-state index in [4.69, 9.17) is 4.98 Å². The van der Waals surface area contributed by atoms with Gasteiger partial charge >= 0.3 is 0 Å². The van der Waals surface area contributed by atoms with Crippen molar-refractivity contribution in [1.29, 1.82) is 0 Å². The molecule has 154 valence electrons. The summed E-state index contributed by atoms with van der Waals surface area (Å²) in [6.45, 7) is 4.26. The molecule has 3 aromatic heterocycles. The predicted octanol–water partition coefficient (Wildman–Crippen LogP) is 4.28. The summed E-state index contributed by atoms with van der Waals surface area (Å²) in [6.07, 6.45) is 5.43. The number of H-pyrrole nitrogens is 1. The number of aromatic amines is 1. The van der Waals surface area contributed by atoms with E-state index in [1.807, 2.05) is 0 Å². The van der Waals surface area contributed by atoms with Gasteiger partial charge in [0.05, 0.1) is 6.20 Å². The molecule has 0 aliphatic carbocycles. The van der Waals surface area contributed by atoms with Crippen LogP contribution in [-0.2, 0) is 0 Å². The lowest BCUT2D eigenvalue weighted by Gasteiger charge is -2.52. The second-order valence-electron chi connectivity index (χ2n) is 8.03. The first-order valence-corrected chi connectivity index (χ1v) is 11.5. The van der Waals surface area contributed by atoms with Crippen molar-refractivity contribution < 1.29 is 8.78 Å². The highest BCUT2D eigenvalue weighted by atomic mass is 32.1. The number of halogens is 2. The van der Waals surface area contributed by atoms with Crippen molar-refractivity contribution in [3.63, 3.8) is 0 Å². The molecule has 6 nitrogen and oxygen atoms in total. The highest BCUT2D eigenvalue weighted by Gasteiger charge is 2.44. The average molecular weight is 445 g/mol. The Bertz CT molecular complexity index is 1190. The fraction of sp³-hybridized carbons (Fsp3) is 0.350. The number of benzene rings is 1. The van der Waals surface area contributed by atoms with Gasteiger partial charge in [-0.3, -0.25) is 5.10 Å². The second kappa shape index (κ2) is 6.79. The molecule has 1 aromatic carbocycles. The van der Waals surface area contributed by atoms with Gasteiger partial charge in [0.2, 0.25) is 0 Å². The summed E-state index contributed by atoms with van der Waals surface area (Å²) in [4.78, 5) is 13.1. The summed E-state index contributed by atoms with van der Waals surface area (Å²) in [6, 6.07) is 2.40. The third-order valence-electron chi connectivity index (χ3n) is 6.05. The SMILES string of the molecule is Fc1cc(-c2nc3sc(N4CC5(CCNCC5)C4)nc3s2)c(F)cc1-c1cn[nH]c1. The van der Waals surface area contributed by atoms with Gasteiger partial charge in [0.1, 0.15) is 16.6 Å². The molecule has 2 aliphatic rings. The number of hydrogen-bond donors (Lipinski definition) is 2. The number of anilines is 1. The Morgan fingerprint density at radius 3 is 2.43 bits per heavy atom. The van der Waals surface area contributed by atoms with Crippen LogP contribution in [0.15, 0.2) is 24.5 Å². The van der Waals surface area contributed by atoms with Gasteiger partial charge in [-0.2, -0.15) is 5.10 Å². The van der Waals surface area contributed by atoms with Gasteiger partial charge in [-0.1, -0.05) is 22.7 Å². The topological polar surface area (TPSA) is 69.7 Å². The van der Waals surface area contributed by atoms with E-state index in [0.29, 0.717) is 16.0 Å². The molecule has 10 heteroatoms. The van der Waals surface area contributed by atoms with Gasteiger partial charge in [-0.25, -0.2) is 18.7 Å². The molecule has 2 aliphatic heterocycles. The summed E-state index contributed by atoms with van der Waals surface area (Å²) in [5.41, 5.74) is 1.27. The van der Waals surface area contributed by atoms with Crippen LogP contribution in [0.4, 0.5) is 13.9 Å². The molecule has 0 saturated carbocycles. The van der Waals surface area contributed by atoms with Gasteiger partial charge in [0, 0.05) is 41.4 Å². The minimum Gasteiger partial charge on any atom is -0.347 e. The van der Waals surface area contributed by atoms with Gasteiger partial charge < -0.3 is 10.2 Å². The molecular weight excluding hydrogens is 426 g/mol. The molecule has 1 spiro atoms. The Kier molecular flexibility index (Phi) is 4.15. The predicted molar refractivity (Wildman–Crippen MR) is 115 cm³/mol. The van der Waals surface area contributed by atoms with Gasteiger partial charge in [-0.15, -0.1) is 0 Å². The van der Waals surface area contributed by atoms with E-state index in [1.165, 1.54) is 60.0 Å². The molecule has 0 unspecified atom stereocenters. The Morgan fingerprint density at radius 2 is 1.70 bits per heavy atom. The monoisotopic (exact) mass is 444 g/mol. The molecule has 6 rings (SSSR count). The zero-order valence-electron chi connectivity index (χ0n) is 15.9. The van der Waals surface area contributed by atoms with E-state index in [0.717, 1.165) is 41.0 Å². The highest BCUT2D eigenvalue weighted by Crippen LogP contribution is 2.44. The number of fused-ring (bicyclic) bond motifs is 1. The zero-order chi connectivity index (χ0) is 20.3. The molecule has 0 bridgehead atoms. The maximum absolute atomic E-state index is 14.8. The minimum atomic E-state index is -0.509. The Morgan fingerprint density at radius 1 is 0.967 bits per heavy atom. The van der Waals surface area contributed by atoms with Crippen LogP contribution in [0.3, 0.4) is 0 Å². The first-order valence-electron chi connectivity index (χ1n) is 9.82. The first kappa shape index (κ1) is 18.3. The van der Waals surface area contributed by atoms with Gasteiger partial charge in [0.25, 0.3) is 0 Å². The molecule has 4 aromatic rings. The standard InChI is InChI=1S/C20H18F2N6S2/c21-14-6-13(15(22)5-12(14)11-7-24-25-8-11)16-26-17-18(29-16)27-19(30-17)28-9-20(10-28)1-3-23-4-2-20/h5-8,23H,1-4,9-10H2,(H,24,25). The number of rotatable bonds is 3. The van der Waals surface area contributed by atoms with Crippen LogP contribution in [-0.4, -0.2) is 46.3 Å². The maximum Gasteiger partial charge on any atom is 0.188 e. The van der Waals surface area contributed by atoms with Crippen molar-refractivity contribution in [1.82, 2.24) is 25.5 Å². The summed E-state index contributed by atoms with van der Waals surface area (Å²) in [7, 11) is 0. The largest absolute Gasteiger partial charge is 0.347 e. The second-order valence-corrected chi connectivity index (χ2v) is 9.96. The Labute approximate surface area is 179 Å². The van der Waals surface area contributed by atoms with Crippen LogP contribution in [0, 0.1) is 17.0 Å². The number of nitrogens with zero attached hydrogens (tertiary/aromatic N) is 4. The fourth-order valence-corrected chi connectivity index (χ4v) is 6.44. The normalized spacial score (nSPS) is 18.3. The van der Waals surface area contributed by atoms with Crippen LogP contribution in [0.5, 0.6) is 0 Å². The molecule has 0 radical (unpaired) electrons. The smallest absolute Gasteiger partial charge is 0.188 e. The molecule has 2 fully saturated rings. The van der Waals surface area contributed by atoms with Crippen LogP contribution in [0.25, 0.3) is 31.4 Å². The summed E-state index contributed by atoms with van der Waals surface area (Å²) in [5.74, 6) is -1.02. The first-order chi connectivity index (χ1) is 14.6. The molecule has 5 heterocycles. The summed E-state index contributed by atoms with van der Waals surface area (Å²) in [5, 5.41) is 11.3. The number of piperidine rings is 1. The van der Waals surface area contributed by atoms with Crippen LogP contribution >= 0.6 is 22.7 Å². The van der Waals surface area contributed by atoms with Crippen LogP contribution in [0.1, 0.15) is 12.8 Å². The average Bonchev–Trinajstić information content (AvgIpc) is 3.44. The minimum absolute atomic E-state index is 0.161. The number of nitrogens with one attached hydrogen (secondary N) is 2. The Balaban J connectivity index is 1.27. The molecule has 2 saturated heterocycles. The van der Waals surface area contributed by atoms with Crippen molar-refractivity contribution in [3.8, 4) is 21.7 Å². The highest BCUT2D eigenvalue weighted by molar-refractivity contribution is 7.29. The van der Waals surface area contributed by atoms with Crippen molar-refractivity contribution in [2.75, 3.05) is 31.1 Å². The van der Waals surface area contributed by atoms with Crippen molar-refractivity contribution in [2.24, 2.45) is 5.41 Å². The number of thiazole rings is 2. The van der Waals surface area contributed by atoms with E-state index in [2.05, 4.69) is 25.4 Å². The summed E-state index contributed by atoms with van der Waals surface area (Å²) >= 11 is 2.83. The lowest BCUT2D eigenvalue weighted by Crippen LogP contribution is -2.60. The zero-order valence-corrected chi connectivity index (χ0v) is 17.5. The van der Waals surface area contributed by atoms with E-state index in [1.54, 1.807) is 0 Å². The molecular formula is C20H18F2N6S2. The molecule has 0 amide bonds. The third-order valence-corrected chi connectivity index (χ3v) is 8.17. The Hall–Kier alpha value is -2.43. The number of hydrogen-bond acceptors (Lipinski definition) is 7. The lowest BCUT2D eigenvalue weighted by molar-refractivity contribution is 0.150. The van der Waals surface area contributed by atoms with Gasteiger partial charge in [0.15, 0.2) is 14.8 Å². The lowest BCUT2D eigenvalue weighted by atomic mass is 9.73. The van der Waals surface area contributed by atoms with Crippen molar-refractivity contribution >= 4 is 37.5 Å². The third kappa shape index (κ3) is 2.93. The van der Waals surface area contributed by atoms with E-state index in [9.17, 15) is 8.78 Å². The van der Waals surface area contributed by atoms with E-state index < -0.39 is 11.6 Å². The molecule has 0 atom stereocenters. The van der Waals surface area contributed by atoms with Gasteiger partial charge in [-0.05, 0) is 38.1 Å². The van der Waals surface area contributed by atoms with E-state index >= 15 is 0 Å². The quantitative estimate of drug-likeness (QED) is 0.494. The molecule has 30 heavy (non-hydrogen) atoms. The van der Waals surface area contributed by atoms with Crippen LogP contribution < -0.4 is 10.2 Å². The van der Waals surface area contributed by atoms with E-state index in [-0.39, 0.29) is 11.1 Å². The van der Waals surface area contributed by atoms with Crippen molar-refractivity contribution in [3.05, 3.63) is 36.2 Å². The maximum atomic E-state index is 14.8. The summed E-state index contributed by atoms with van der Waals surface area (Å²) < 4.78 is 29.4. The fourth-order valence-electron chi connectivity index (χ4n) is 4.38. The number of aromatic nitrogens is 4.